The Morgan fingerprint density at radius 3 is 1.65 bits per heavy atom. The Hall–Kier alpha value is 0.250. The van der Waals surface area contributed by atoms with E-state index in [0.717, 1.165) is 12.1 Å². The maximum atomic E-state index is 3.76. The van der Waals surface area contributed by atoms with Crippen LogP contribution in [0.15, 0.2) is 0 Å². The molecule has 23 heavy (non-hydrogen) atoms. The van der Waals surface area contributed by atoms with Crippen molar-refractivity contribution in [2.24, 2.45) is 0 Å². The molecule has 1 aliphatic rings. The van der Waals surface area contributed by atoms with Crippen LogP contribution in [-0.4, -0.2) is 12.1 Å². The first-order chi connectivity index (χ1) is 10.8. The van der Waals surface area contributed by atoms with Crippen molar-refractivity contribution in [1.29, 1.82) is 0 Å². The lowest BCUT2D eigenvalue weighted by atomic mass is 9.95. The van der Waals surface area contributed by atoms with Crippen molar-refractivity contribution < 1.29 is 0 Å². The molecule has 1 fully saturated rings. The van der Waals surface area contributed by atoms with E-state index in [4.69, 9.17) is 0 Å². The molecular weight excluding hydrogens is 302 g/mol. The summed E-state index contributed by atoms with van der Waals surface area (Å²) in [5, 5.41) is 3.76. The SMILES string of the molecule is CCCCCCCCCCCCCCC[C@@H]1CCC[C@H](C)N1.Cl. The summed E-state index contributed by atoms with van der Waals surface area (Å²) in [5.41, 5.74) is 0. The second kappa shape index (κ2) is 17.1. The van der Waals surface area contributed by atoms with E-state index in [2.05, 4.69) is 19.2 Å². The predicted octanol–water partition coefficient (Wildman–Crippen LogP) is 7.42. The van der Waals surface area contributed by atoms with Crippen LogP contribution in [0.5, 0.6) is 0 Å². The van der Waals surface area contributed by atoms with E-state index in [0.29, 0.717) is 0 Å². The Bertz CT molecular complexity index is 232. The average Bonchev–Trinajstić information content (AvgIpc) is 2.52. The molecule has 0 spiro atoms. The third-order valence-electron chi connectivity index (χ3n) is 5.37. The topological polar surface area (TPSA) is 12.0 Å². The number of rotatable bonds is 14. The molecule has 2 atom stereocenters. The van der Waals surface area contributed by atoms with Crippen molar-refractivity contribution in [3.05, 3.63) is 0 Å². The van der Waals surface area contributed by atoms with Crippen molar-refractivity contribution in [1.82, 2.24) is 5.32 Å². The first-order valence-corrected chi connectivity index (χ1v) is 10.6. The third kappa shape index (κ3) is 14.3. The number of nitrogens with one attached hydrogen (secondary N) is 1. The molecule has 0 aromatic rings. The molecule has 1 heterocycles. The smallest absolute Gasteiger partial charge is 0.00695 e. The van der Waals surface area contributed by atoms with Crippen LogP contribution in [0.1, 0.15) is 123 Å². The molecule has 0 saturated carbocycles. The van der Waals surface area contributed by atoms with E-state index in [1.807, 2.05) is 0 Å². The Morgan fingerprint density at radius 2 is 1.17 bits per heavy atom. The summed E-state index contributed by atoms with van der Waals surface area (Å²) in [5.74, 6) is 0. The molecule has 0 aromatic heterocycles. The summed E-state index contributed by atoms with van der Waals surface area (Å²) in [4.78, 5) is 0. The van der Waals surface area contributed by atoms with Crippen molar-refractivity contribution in [3.8, 4) is 0 Å². The van der Waals surface area contributed by atoms with Gasteiger partial charge in [0.15, 0.2) is 0 Å². The number of hydrogen-bond donors (Lipinski definition) is 1. The van der Waals surface area contributed by atoms with Gasteiger partial charge in [0.2, 0.25) is 0 Å². The molecule has 1 saturated heterocycles. The van der Waals surface area contributed by atoms with Gasteiger partial charge in [0, 0.05) is 12.1 Å². The fourth-order valence-corrected chi connectivity index (χ4v) is 3.88. The second-order valence-corrected chi connectivity index (χ2v) is 7.73. The highest BCUT2D eigenvalue weighted by molar-refractivity contribution is 5.85. The fourth-order valence-electron chi connectivity index (χ4n) is 3.88. The van der Waals surface area contributed by atoms with Gasteiger partial charge in [-0.3, -0.25) is 0 Å². The Morgan fingerprint density at radius 1 is 0.696 bits per heavy atom. The molecule has 1 rings (SSSR count). The number of unbranched alkanes of at least 4 members (excludes halogenated alkanes) is 12. The summed E-state index contributed by atoms with van der Waals surface area (Å²) in [7, 11) is 0. The molecule has 1 aliphatic heterocycles. The minimum absolute atomic E-state index is 0. The highest BCUT2D eigenvalue weighted by Gasteiger charge is 2.16. The van der Waals surface area contributed by atoms with Crippen molar-refractivity contribution in [2.75, 3.05) is 0 Å². The molecule has 140 valence electrons. The largest absolute Gasteiger partial charge is 0.312 e. The van der Waals surface area contributed by atoms with Crippen LogP contribution in [0.3, 0.4) is 0 Å². The van der Waals surface area contributed by atoms with Gasteiger partial charge in [0.05, 0.1) is 0 Å². The number of halogens is 1. The highest BCUT2D eigenvalue weighted by atomic mass is 35.5. The molecule has 0 bridgehead atoms. The van der Waals surface area contributed by atoms with Gasteiger partial charge >= 0.3 is 0 Å². The average molecular weight is 346 g/mol. The Balaban J connectivity index is 0.00000484. The molecular formula is C21H44ClN. The van der Waals surface area contributed by atoms with Crippen LogP contribution in [0, 0.1) is 0 Å². The maximum absolute atomic E-state index is 3.76. The standard InChI is InChI=1S/C21H43N.ClH/c1-3-4-5-6-7-8-9-10-11-12-13-14-15-18-21-19-16-17-20(2)22-21;/h20-22H,3-19H2,1-2H3;1H/t20-,21+;/m0./s1. The second-order valence-electron chi connectivity index (χ2n) is 7.73. The maximum Gasteiger partial charge on any atom is 0.00695 e. The Labute approximate surface area is 153 Å². The lowest BCUT2D eigenvalue weighted by molar-refractivity contribution is 0.314. The van der Waals surface area contributed by atoms with Crippen LogP contribution >= 0.6 is 12.4 Å². The monoisotopic (exact) mass is 345 g/mol. The van der Waals surface area contributed by atoms with E-state index >= 15 is 0 Å². The van der Waals surface area contributed by atoms with Gasteiger partial charge in [-0.2, -0.15) is 0 Å². The molecule has 0 radical (unpaired) electrons. The van der Waals surface area contributed by atoms with Crippen molar-refractivity contribution >= 4 is 12.4 Å². The van der Waals surface area contributed by atoms with E-state index in [1.54, 1.807) is 0 Å². The van der Waals surface area contributed by atoms with Crippen LogP contribution in [0.25, 0.3) is 0 Å². The van der Waals surface area contributed by atoms with Gasteiger partial charge in [-0.05, 0) is 26.2 Å². The van der Waals surface area contributed by atoms with Crippen LogP contribution in [0.2, 0.25) is 0 Å². The first-order valence-electron chi connectivity index (χ1n) is 10.6. The van der Waals surface area contributed by atoms with E-state index in [-0.39, 0.29) is 12.4 Å². The predicted molar refractivity (Wildman–Crippen MR) is 108 cm³/mol. The summed E-state index contributed by atoms with van der Waals surface area (Å²) in [6.45, 7) is 4.64. The minimum atomic E-state index is 0. The van der Waals surface area contributed by atoms with Gasteiger partial charge in [0.1, 0.15) is 0 Å². The van der Waals surface area contributed by atoms with Gasteiger partial charge in [-0.1, -0.05) is 96.8 Å². The van der Waals surface area contributed by atoms with Crippen molar-refractivity contribution in [2.45, 2.75) is 135 Å². The van der Waals surface area contributed by atoms with Crippen LogP contribution in [-0.2, 0) is 0 Å². The molecule has 0 amide bonds. The number of piperidine rings is 1. The summed E-state index contributed by atoms with van der Waals surface area (Å²) < 4.78 is 0. The molecule has 0 aromatic carbocycles. The zero-order valence-electron chi connectivity index (χ0n) is 16.1. The highest BCUT2D eigenvalue weighted by Crippen LogP contribution is 2.18. The summed E-state index contributed by atoms with van der Waals surface area (Å²) in [6, 6.07) is 1.59. The molecule has 1 nitrogen and oxygen atoms in total. The lowest BCUT2D eigenvalue weighted by Gasteiger charge is -2.28. The van der Waals surface area contributed by atoms with Gasteiger partial charge in [-0.25, -0.2) is 0 Å². The Kier molecular flexibility index (Phi) is 17.3. The quantitative estimate of drug-likeness (QED) is 0.323. The van der Waals surface area contributed by atoms with Crippen LogP contribution in [0.4, 0.5) is 0 Å². The molecule has 1 N–H and O–H groups in total. The van der Waals surface area contributed by atoms with E-state index < -0.39 is 0 Å². The van der Waals surface area contributed by atoms with Gasteiger partial charge in [0.25, 0.3) is 0 Å². The van der Waals surface area contributed by atoms with Crippen molar-refractivity contribution in [3.63, 3.8) is 0 Å². The fraction of sp³-hybridized carbons (Fsp3) is 1.00. The number of hydrogen-bond acceptors (Lipinski definition) is 1. The summed E-state index contributed by atoms with van der Waals surface area (Å²) >= 11 is 0. The van der Waals surface area contributed by atoms with Crippen LogP contribution < -0.4 is 5.32 Å². The summed E-state index contributed by atoms with van der Waals surface area (Å²) in [6.07, 6.45) is 24.7. The molecule has 0 unspecified atom stereocenters. The zero-order chi connectivity index (χ0) is 15.9. The molecule has 0 aliphatic carbocycles. The molecule has 2 heteroatoms. The first kappa shape index (κ1) is 23.2. The van der Waals surface area contributed by atoms with Gasteiger partial charge < -0.3 is 5.32 Å². The third-order valence-corrected chi connectivity index (χ3v) is 5.37. The van der Waals surface area contributed by atoms with E-state index in [9.17, 15) is 0 Å². The zero-order valence-corrected chi connectivity index (χ0v) is 16.9. The minimum Gasteiger partial charge on any atom is -0.312 e. The normalized spacial score (nSPS) is 21.1. The van der Waals surface area contributed by atoms with E-state index in [1.165, 1.54) is 109 Å². The van der Waals surface area contributed by atoms with Gasteiger partial charge in [-0.15, -0.1) is 12.4 Å². The lowest BCUT2D eigenvalue weighted by Crippen LogP contribution is -2.40.